The van der Waals surface area contributed by atoms with Crippen LogP contribution in [0, 0.1) is 24.2 Å². The summed E-state index contributed by atoms with van der Waals surface area (Å²) >= 11 is 0. The first-order valence-corrected chi connectivity index (χ1v) is 14.0. The molecule has 1 heteroatoms. The Hall–Kier alpha value is -1.76. The van der Waals surface area contributed by atoms with Gasteiger partial charge in [-0.3, -0.25) is 0 Å². The van der Waals surface area contributed by atoms with Gasteiger partial charge in [-0.15, -0.1) is 0 Å². The highest BCUT2D eigenvalue weighted by molar-refractivity contribution is 5.34. The Morgan fingerprint density at radius 2 is 1.53 bits per heavy atom. The number of allylic oxidation sites excluding steroid dienone is 4. The highest BCUT2D eigenvalue weighted by Gasteiger charge is 2.23. The molecule has 0 heterocycles. The van der Waals surface area contributed by atoms with Gasteiger partial charge in [0.1, 0.15) is 0 Å². The zero-order valence-electron chi connectivity index (χ0n) is 23.9. The smallest absolute Gasteiger partial charge is 0.0148 e. The van der Waals surface area contributed by atoms with E-state index in [0.717, 1.165) is 25.3 Å². The number of benzene rings is 1. The third-order valence-corrected chi connectivity index (χ3v) is 6.50. The lowest BCUT2D eigenvalue weighted by atomic mass is 9.81. The van der Waals surface area contributed by atoms with Crippen LogP contribution in [0.25, 0.3) is 0 Å². The number of nitrogens with one attached hydrogen (secondary N) is 1. The van der Waals surface area contributed by atoms with Gasteiger partial charge in [0.15, 0.2) is 0 Å². The lowest BCUT2D eigenvalue weighted by Crippen LogP contribution is -2.16. The second-order valence-corrected chi connectivity index (χ2v) is 11.6. The summed E-state index contributed by atoms with van der Waals surface area (Å²) in [7, 11) is 0. The van der Waals surface area contributed by atoms with Crippen LogP contribution in [0.2, 0.25) is 0 Å². The monoisotopic (exact) mass is 465 g/mol. The molecule has 1 saturated carbocycles. The molecule has 1 aromatic carbocycles. The van der Waals surface area contributed by atoms with Gasteiger partial charge in [0.05, 0.1) is 0 Å². The minimum absolute atomic E-state index is 0.500. The van der Waals surface area contributed by atoms with Crippen molar-refractivity contribution >= 4 is 0 Å². The van der Waals surface area contributed by atoms with Gasteiger partial charge in [-0.2, -0.15) is 0 Å². The van der Waals surface area contributed by atoms with Crippen LogP contribution < -0.4 is 5.32 Å². The molecule has 2 aliphatic rings. The van der Waals surface area contributed by atoms with Crippen LogP contribution in [-0.4, -0.2) is 6.54 Å². The van der Waals surface area contributed by atoms with Gasteiger partial charge >= 0.3 is 0 Å². The first-order valence-electron chi connectivity index (χ1n) is 14.0. The molecule has 1 aromatic rings. The van der Waals surface area contributed by atoms with Crippen molar-refractivity contribution in [3.63, 3.8) is 0 Å². The molecule has 0 bridgehead atoms. The summed E-state index contributed by atoms with van der Waals surface area (Å²) < 4.78 is 0. The number of hydrogen-bond donors (Lipinski definition) is 1. The Morgan fingerprint density at radius 3 is 2.09 bits per heavy atom. The molecule has 1 atom stereocenters. The van der Waals surface area contributed by atoms with Crippen molar-refractivity contribution in [1.82, 2.24) is 5.32 Å². The van der Waals surface area contributed by atoms with Crippen LogP contribution >= 0.6 is 0 Å². The van der Waals surface area contributed by atoms with Crippen molar-refractivity contribution in [1.29, 1.82) is 0 Å². The normalized spacial score (nSPS) is 17.2. The molecule has 3 rings (SSSR count). The first-order chi connectivity index (χ1) is 16.1. The quantitative estimate of drug-likeness (QED) is 0.229. The largest absolute Gasteiger partial charge is 0.388 e. The maximum Gasteiger partial charge on any atom is 0.0148 e. The van der Waals surface area contributed by atoms with Crippen molar-refractivity contribution in [2.75, 3.05) is 6.54 Å². The van der Waals surface area contributed by atoms with Gasteiger partial charge in [0, 0.05) is 18.7 Å². The van der Waals surface area contributed by atoms with Crippen LogP contribution in [0.15, 0.2) is 59.8 Å². The van der Waals surface area contributed by atoms with E-state index in [0.29, 0.717) is 11.3 Å². The third-order valence-electron chi connectivity index (χ3n) is 6.50. The molecule has 1 nitrogen and oxygen atoms in total. The molecule has 1 N–H and O–H groups in total. The SMILES string of the molecule is C=C(C1CCCCCC1)C(C)C1=CC=C(NCCCc2ccc(C)cc2)C1.CC.CC(C)(C)C. The highest BCUT2D eigenvalue weighted by atomic mass is 14.9. The van der Waals surface area contributed by atoms with E-state index in [1.165, 1.54) is 67.3 Å². The summed E-state index contributed by atoms with van der Waals surface area (Å²) in [6, 6.07) is 8.93. The van der Waals surface area contributed by atoms with Crippen LogP contribution in [0.5, 0.6) is 0 Å². The van der Waals surface area contributed by atoms with E-state index in [-0.39, 0.29) is 0 Å². The molecular weight excluding hydrogens is 410 g/mol. The summed E-state index contributed by atoms with van der Waals surface area (Å²) in [4.78, 5) is 0. The van der Waals surface area contributed by atoms with Crippen LogP contribution in [-0.2, 0) is 6.42 Å². The standard InChI is InChI=1S/C26H37N.C5H12.C2H6/c1-20-12-14-23(15-13-20)9-8-18-27-26-17-16-25(19-26)22(3)21(2)24-10-6-4-5-7-11-24;1-5(2,3)4;1-2/h12-17,22,24,27H,2,4-11,18-19H2,1,3H3;1-4H3;1-2H3. The fourth-order valence-electron chi connectivity index (χ4n) is 4.50. The van der Waals surface area contributed by atoms with Gasteiger partial charge < -0.3 is 5.32 Å². The molecule has 0 radical (unpaired) electrons. The fourth-order valence-corrected chi connectivity index (χ4v) is 4.50. The Labute approximate surface area is 213 Å². The lowest BCUT2D eigenvalue weighted by molar-refractivity contribution is 0.469. The number of hydrogen-bond acceptors (Lipinski definition) is 1. The number of aryl methyl sites for hydroxylation is 2. The van der Waals surface area contributed by atoms with Gasteiger partial charge in [-0.05, 0) is 61.5 Å². The molecule has 0 saturated heterocycles. The molecule has 192 valence electrons. The predicted octanol–water partition coefficient (Wildman–Crippen LogP) is 9.97. The molecule has 34 heavy (non-hydrogen) atoms. The minimum Gasteiger partial charge on any atom is -0.388 e. The first kappa shape index (κ1) is 30.3. The van der Waals surface area contributed by atoms with E-state index >= 15 is 0 Å². The lowest BCUT2D eigenvalue weighted by Gasteiger charge is -2.24. The fraction of sp³-hybridized carbons (Fsp3) is 0.636. The minimum atomic E-state index is 0.500. The Morgan fingerprint density at radius 1 is 0.971 bits per heavy atom. The third kappa shape index (κ3) is 12.6. The van der Waals surface area contributed by atoms with E-state index in [1.807, 2.05) is 13.8 Å². The average Bonchev–Trinajstić information content (AvgIpc) is 3.10. The van der Waals surface area contributed by atoms with E-state index in [2.05, 4.69) is 89.9 Å². The van der Waals surface area contributed by atoms with E-state index in [4.69, 9.17) is 0 Å². The Kier molecular flexibility index (Phi) is 14.3. The molecule has 2 aliphatic carbocycles. The van der Waals surface area contributed by atoms with Crippen LogP contribution in [0.1, 0.15) is 111 Å². The van der Waals surface area contributed by atoms with Crippen LogP contribution in [0.3, 0.4) is 0 Å². The van der Waals surface area contributed by atoms with Crippen molar-refractivity contribution in [3.05, 3.63) is 71.0 Å². The molecule has 0 aliphatic heterocycles. The van der Waals surface area contributed by atoms with E-state index in [1.54, 1.807) is 5.57 Å². The second-order valence-electron chi connectivity index (χ2n) is 11.6. The second kappa shape index (κ2) is 16.0. The maximum absolute atomic E-state index is 4.52. The van der Waals surface area contributed by atoms with Crippen molar-refractivity contribution in [2.45, 2.75) is 113 Å². The summed E-state index contributed by atoms with van der Waals surface area (Å²) in [6.45, 7) is 22.8. The molecule has 0 amide bonds. The van der Waals surface area contributed by atoms with E-state index in [9.17, 15) is 0 Å². The summed E-state index contributed by atoms with van der Waals surface area (Å²) in [5.41, 5.74) is 7.69. The van der Waals surface area contributed by atoms with Crippen molar-refractivity contribution in [2.24, 2.45) is 17.3 Å². The topological polar surface area (TPSA) is 12.0 Å². The van der Waals surface area contributed by atoms with Gasteiger partial charge in [0.2, 0.25) is 0 Å². The maximum atomic E-state index is 4.52. The molecular formula is C33H55N. The van der Waals surface area contributed by atoms with Gasteiger partial charge in [-0.25, -0.2) is 0 Å². The molecule has 0 aromatic heterocycles. The van der Waals surface area contributed by atoms with Crippen LogP contribution in [0.4, 0.5) is 0 Å². The predicted molar refractivity (Wildman–Crippen MR) is 154 cm³/mol. The van der Waals surface area contributed by atoms with Gasteiger partial charge in [-0.1, -0.05) is 128 Å². The zero-order valence-corrected chi connectivity index (χ0v) is 23.9. The van der Waals surface area contributed by atoms with Gasteiger partial charge in [0.25, 0.3) is 0 Å². The highest BCUT2D eigenvalue weighted by Crippen LogP contribution is 2.37. The summed E-state index contributed by atoms with van der Waals surface area (Å²) in [5.74, 6) is 1.27. The number of rotatable bonds is 8. The molecule has 1 unspecified atom stereocenters. The van der Waals surface area contributed by atoms with E-state index < -0.39 is 0 Å². The zero-order chi connectivity index (χ0) is 25.6. The molecule has 1 fully saturated rings. The Bertz CT molecular complexity index is 743. The van der Waals surface area contributed by atoms with Crippen molar-refractivity contribution in [3.8, 4) is 0 Å². The summed E-state index contributed by atoms with van der Waals surface area (Å²) in [5, 5.41) is 3.66. The van der Waals surface area contributed by atoms with Crippen molar-refractivity contribution < 1.29 is 0 Å². The Balaban J connectivity index is 0.000000733. The summed E-state index contributed by atoms with van der Waals surface area (Å²) in [6.07, 6.45) is 16.4. The average molecular weight is 466 g/mol. The molecule has 0 spiro atoms.